The third-order valence-electron chi connectivity index (χ3n) is 2.47. The third-order valence-corrected chi connectivity index (χ3v) is 2.47. The summed E-state index contributed by atoms with van der Waals surface area (Å²) in [6.45, 7) is 0.494. The van der Waals surface area contributed by atoms with Gasteiger partial charge in [-0.15, -0.1) is 0 Å². The number of rotatable bonds is 6. The predicted molar refractivity (Wildman–Crippen MR) is 71.7 cm³/mol. The molecule has 0 aliphatic heterocycles. The summed E-state index contributed by atoms with van der Waals surface area (Å²) in [6.07, 6.45) is 4.09. The molecule has 0 fully saturated rings. The Labute approximate surface area is 111 Å². The predicted octanol–water partition coefficient (Wildman–Crippen LogP) is 0.730. The first-order valence-corrected chi connectivity index (χ1v) is 5.97. The van der Waals surface area contributed by atoms with Crippen LogP contribution in [0.3, 0.4) is 0 Å². The van der Waals surface area contributed by atoms with Gasteiger partial charge in [-0.25, -0.2) is 4.98 Å². The van der Waals surface area contributed by atoms with Crippen LogP contribution in [-0.4, -0.2) is 29.0 Å². The molecule has 0 aliphatic carbocycles. The second kappa shape index (κ2) is 6.44. The van der Waals surface area contributed by atoms with Gasteiger partial charge in [-0.3, -0.25) is 4.79 Å². The summed E-state index contributed by atoms with van der Waals surface area (Å²) in [5.41, 5.74) is 6.22. The lowest BCUT2D eigenvalue weighted by molar-refractivity contribution is -0.123. The molecule has 0 saturated heterocycles. The minimum Gasteiger partial charge on any atom is -0.484 e. The van der Waals surface area contributed by atoms with Gasteiger partial charge in [0.2, 0.25) is 0 Å². The van der Waals surface area contributed by atoms with Gasteiger partial charge in [0.1, 0.15) is 11.6 Å². The molecule has 0 unspecified atom stereocenters. The van der Waals surface area contributed by atoms with Crippen molar-refractivity contribution in [2.24, 2.45) is 0 Å². The number of ether oxygens (including phenoxy) is 1. The first-order valence-electron chi connectivity index (χ1n) is 5.97. The van der Waals surface area contributed by atoms with Gasteiger partial charge in [0.15, 0.2) is 6.61 Å². The lowest BCUT2D eigenvalue weighted by Gasteiger charge is -2.07. The molecule has 2 rings (SSSR count). The third kappa shape index (κ3) is 4.34. The summed E-state index contributed by atoms with van der Waals surface area (Å²) in [4.78, 5) is 18.6. The van der Waals surface area contributed by atoms with Gasteiger partial charge >= 0.3 is 0 Å². The van der Waals surface area contributed by atoms with E-state index in [1.807, 2.05) is 0 Å². The molecule has 0 atom stereocenters. The van der Waals surface area contributed by atoms with E-state index in [9.17, 15) is 4.79 Å². The second-order valence-corrected chi connectivity index (χ2v) is 4.00. The number of anilines is 1. The van der Waals surface area contributed by atoms with E-state index in [0.29, 0.717) is 24.4 Å². The van der Waals surface area contributed by atoms with Crippen LogP contribution in [0.5, 0.6) is 5.75 Å². The number of H-pyrrole nitrogens is 1. The fourth-order valence-corrected chi connectivity index (χ4v) is 1.56. The molecule has 0 radical (unpaired) electrons. The van der Waals surface area contributed by atoms with Crippen molar-refractivity contribution in [2.45, 2.75) is 6.42 Å². The minimum atomic E-state index is -0.172. The number of nitrogens with zero attached hydrogens (tertiary/aromatic N) is 1. The molecule has 0 aliphatic rings. The molecular formula is C13H16N4O2. The highest BCUT2D eigenvalue weighted by Gasteiger charge is 2.03. The minimum absolute atomic E-state index is 0.0262. The van der Waals surface area contributed by atoms with E-state index < -0.39 is 0 Å². The fourth-order valence-electron chi connectivity index (χ4n) is 1.56. The van der Waals surface area contributed by atoms with Crippen molar-refractivity contribution >= 4 is 11.6 Å². The Morgan fingerprint density at radius 3 is 3.11 bits per heavy atom. The van der Waals surface area contributed by atoms with Crippen molar-refractivity contribution in [3.63, 3.8) is 0 Å². The van der Waals surface area contributed by atoms with E-state index in [1.54, 1.807) is 36.7 Å². The van der Waals surface area contributed by atoms with Crippen LogP contribution >= 0.6 is 0 Å². The molecule has 0 saturated carbocycles. The Kier molecular flexibility index (Phi) is 4.39. The molecule has 1 heterocycles. The van der Waals surface area contributed by atoms with Gasteiger partial charge in [0.25, 0.3) is 5.91 Å². The van der Waals surface area contributed by atoms with Crippen LogP contribution in [0.4, 0.5) is 5.69 Å². The van der Waals surface area contributed by atoms with E-state index >= 15 is 0 Å². The number of hydrogen-bond donors (Lipinski definition) is 3. The first-order chi connectivity index (χ1) is 9.24. The zero-order chi connectivity index (χ0) is 13.5. The number of benzene rings is 1. The van der Waals surface area contributed by atoms with Gasteiger partial charge in [-0.2, -0.15) is 0 Å². The average molecular weight is 260 g/mol. The molecule has 4 N–H and O–H groups in total. The Balaban J connectivity index is 1.67. The van der Waals surface area contributed by atoms with Crippen molar-refractivity contribution in [3.8, 4) is 5.75 Å². The molecule has 0 spiro atoms. The van der Waals surface area contributed by atoms with Crippen molar-refractivity contribution in [1.29, 1.82) is 0 Å². The van der Waals surface area contributed by atoms with Crippen molar-refractivity contribution < 1.29 is 9.53 Å². The molecule has 6 heteroatoms. The van der Waals surface area contributed by atoms with E-state index in [-0.39, 0.29) is 12.5 Å². The summed E-state index contributed by atoms with van der Waals surface area (Å²) in [5.74, 6) is 1.26. The zero-order valence-electron chi connectivity index (χ0n) is 10.4. The number of aromatic nitrogens is 2. The van der Waals surface area contributed by atoms with Crippen LogP contribution in [0.1, 0.15) is 5.82 Å². The zero-order valence-corrected chi connectivity index (χ0v) is 10.4. The molecule has 0 bridgehead atoms. The summed E-state index contributed by atoms with van der Waals surface area (Å²) in [6, 6.07) is 6.97. The lowest BCUT2D eigenvalue weighted by atomic mass is 10.3. The highest BCUT2D eigenvalue weighted by Crippen LogP contribution is 2.13. The first kappa shape index (κ1) is 12.9. The Bertz CT molecular complexity index is 525. The maximum Gasteiger partial charge on any atom is 0.257 e. The van der Waals surface area contributed by atoms with Crippen molar-refractivity contribution in [2.75, 3.05) is 18.9 Å². The molecule has 2 aromatic rings. The van der Waals surface area contributed by atoms with Gasteiger partial charge in [0, 0.05) is 37.1 Å². The van der Waals surface area contributed by atoms with E-state index in [0.717, 1.165) is 5.82 Å². The quantitative estimate of drug-likeness (QED) is 0.667. The number of nitrogen functional groups attached to an aromatic ring is 1. The van der Waals surface area contributed by atoms with Crippen LogP contribution in [0.25, 0.3) is 0 Å². The summed E-state index contributed by atoms with van der Waals surface area (Å²) in [7, 11) is 0. The molecular weight excluding hydrogens is 244 g/mol. The standard InChI is InChI=1S/C13H16N4O2/c14-10-2-1-3-11(8-10)19-9-13(18)17-5-4-12-15-6-7-16-12/h1-3,6-8H,4-5,9,14H2,(H,15,16)(H,17,18). The molecule has 6 nitrogen and oxygen atoms in total. The van der Waals surface area contributed by atoms with E-state index in [1.165, 1.54) is 0 Å². The largest absolute Gasteiger partial charge is 0.484 e. The van der Waals surface area contributed by atoms with Crippen molar-refractivity contribution in [3.05, 3.63) is 42.5 Å². The number of aromatic amines is 1. The van der Waals surface area contributed by atoms with Gasteiger partial charge in [-0.05, 0) is 12.1 Å². The monoisotopic (exact) mass is 260 g/mol. The second-order valence-electron chi connectivity index (χ2n) is 4.00. The highest BCUT2D eigenvalue weighted by atomic mass is 16.5. The molecule has 100 valence electrons. The Morgan fingerprint density at radius 2 is 2.37 bits per heavy atom. The fraction of sp³-hybridized carbons (Fsp3) is 0.231. The molecule has 1 aromatic carbocycles. The SMILES string of the molecule is Nc1cccc(OCC(=O)NCCc2ncc[nH]2)c1. The van der Waals surface area contributed by atoms with E-state index in [2.05, 4.69) is 15.3 Å². The van der Waals surface area contributed by atoms with Crippen LogP contribution in [-0.2, 0) is 11.2 Å². The van der Waals surface area contributed by atoms with Gasteiger partial charge in [-0.1, -0.05) is 6.07 Å². The van der Waals surface area contributed by atoms with Gasteiger partial charge in [0.05, 0.1) is 0 Å². The number of amides is 1. The highest BCUT2D eigenvalue weighted by molar-refractivity contribution is 5.77. The maximum absolute atomic E-state index is 11.5. The van der Waals surface area contributed by atoms with Crippen LogP contribution in [0.2, 0.25) is 0 Å². The Hall–Kier alpha value is -2.50. The summed E-state index contributed by atoms with van der Waals surface area (Å²) >= 11 is 0. The number of nitrogens with one attached hydrogen (secondary N) is 2. The summed E-state index contributed by atoms with van der Waals surface area (Å²) in [5, 5.41) is 2.75. The molecule has 19 heavy (non-hydrogen) atoms. The summed E-state index contributed by atoms with van der Waals surface area (Å²) < 4.78 is 5.32. The van der Waals surface area contributed by atoms with Crippen molar-refractivity contribution in [1.82, 2.24) is 15.3 Å². The van der Waals surface area contributed by atoms with Gasteiger partial charge < -0.3 is 20.8 Å². The average Bonchev–Trinajstić information content (AvgIpc) is 2.90. The number of hydrogen-bond acceptors (Lipinski definition) is 4. The Morgan fingerprint density at radius 1 is 1.47 bits per heavy atom. The topological polar surface area (TPSA) is 93.0 Å². The van der Waals surface area contributed by atoms with Crippen LogP contribution in [0.15, 0.2) is 36.7 Å². The molecule has 1 amide bonds. The number of nitrogens with two attached hydrogens (primary N) is 1. The molecule has 1 aromatic heterocycles. The smallest absolute Gasteiger partial charge is 0.257 e. The maximum atomic E-state index is 11.5. The van der Waals surface area contributed by atoms with Crippen LogP contribution in [0, 0.1) is 0 Å². The normalized spacial score (nSPS) is 10.1. The number of carbonyl (C=O) groups excluding carboxylic acids is 1. The van der Waals surface area contributed by atoms with E-state index in [4.69, 9.17) is 10.5 Å². The number of carbonyl (C=O) groups is 1. The lowest BCUT2D eigenvalue weighted by Crippen LogP contribution is -2.30. The van der Waals surface area contributed by atoms with Crippen LogP contribution < -0.4 is 15.8 Å². The number of imidazole rings is 1.